The highest BCUT2D eigenvalue weighted by atomic mass is 79.9. The fraction of sp³-hybridized carbons (Fsp3) is 0.500. The number of rotatable bonds is 12. The summed E-state index contributed by atoms with van der Waals surface area (Å²) in [5.41, 5.74) is -0.490. The number of hydrogen-bond donors (Lipinski definition) is 3. The van der Waals surface area contributed by atoms with Gasteiger partial charge in [-0.25, -0.2) is 0 Å². The molecule has 0 heterocycles. The Hall–Kier alpha value is -1.61. The molecule has 1 aromatic carbocycles. The lowest BCUT2D eigenvalue weighted by atomic mass is 9.87. The lowest BCUT2D eigenvalue weighted by Crippen LogP contribution is -2.44. The molecule has 178 valence electrons. The average Bonchev–Trinajstić information content (AvgIpc) is 2.72. The minimum Gasteiger partial charge on any atom is -0.497 e. The van der Waals surface area contributed by atoms with Gasteiger partial charge in [0.1, 0.15) is 11.4 Å². The molecule has 2 atom stereocenters. The molecular formula is C24H34BrNO5S. The number of thioether (sulfide) groups is 1. The van der Waals surface area contributed by atoms with Crippen molar-refractivity contribution in [3.63, 3.8) is 0 Å². The summed E-state index contributed by atoms with van der Waals surface area (Å²) in [4.78, 5) is 24.3. The van der Waals surface area contributed by atoms with E-state index in [1.165, 1.54) is 23.4 Å². The molecule has 0 radical (unpaired) electrons. The molecule has 2 unspecified atom stereocenters. The zero-order chi connectivity index (χ0) is 23.1. The van der Waals surface area contributed by atoms with Gasteiger partial charge in [-0.2, -0.15) is 0 Å². The van der Waals surface area contributed by atoms with Gasteiger partial charge in [0, 0.05) is 10.4 Å². The van der Waals surface area contributed by atoms with Crippen LogP contribution in [0.2, 0.25) is 0 Å². The first-order valence-corrected chi connectivity index (χ1v) is 11.6. The number of carbonyl (C=O) groups excluding carboxylic acids is 1. The van der Waals surface area contributed by atoms with Crippen molar-refractivity contribution in [3.8, 4) is 5.75 Å². The van der Waals surface area contributed by atoms with Crippen LogP contribution < -0.4 is 10.1 Å². The van der Waals surface area contributed by atoms with E-state index in [2.05, 4.69) is 31.3 Å². The smallest absolute Gasteiger partial charge is 0.306 e. The Labute approximate surface area is 205 Å². The molecule has 2 rings (SSSR count). The average molecular weight is 529 g/mol. The number of Topliss-reactive ketones (excluding diaryl/α,β-unsaturated/α-hetero) is 1. The number of ether oxygens (including phenoxy) is 1. The number of allylic oxidation sites excluding steroid dienone is 2. The molecule has 8 heteroatoms. The molecule has 0 aromatic heterocycles. The number of halogens is 1. The Morgan fingerprint density at radius 3 is 2.47 bits per heavy atom. The van der Waals surface area contributed by atoms with E-state index in [0.717, 1.165) is 25.0 Å². The van der Waals surface area contributed by atoms with E-state index < -0.39 is 23.9 Å². The second-order valence-corrected chi connectivity index (χ2v) is 9.37. The van der Waals surface area contributed by atoms with Gasteiger partial charge in [-0.1, -0.05) is 30.4 Å². The number of aliphatic carboxylic acids is 1. The molecule has 0 spiro atoms. The first kappa shape index (κ1) is 28.4. The van der Waals surface area contributed by atoms with Crippen LogP contribution >= 0.6 is 28.7 Å². The number of aryl methyl sites for hydroxylation is 1. The van der Waals surface area contributed by atoms with Crippen LogP contribution in [-0.2, 0) is 16.0 Å². The first-order chi connectivity index (χ1) is 14.6. The molecule has 0 amide bonds. The fourth-order valence-electron chi connectivity index (χ4n) is 3.59. The minimum atomic E-state index is -1.55. The number of carboxylic acids is 1. The van der Waals surface area contributed by atoms with E-state index >= 15 is 0 Å². The SMILES string of the molecule is Br.COc1ccc(CCCC(C)(C)NCC(=O)C2C=CC(O)(CC(=O)O)C(SC)=C2)cc1. The summed E-state index contributed by atoms with van der Waals surface area (Å²) in [7, 11) is 1.65. The van der Waals surface area contributed by atoms with Crippen molar-refractivity contribution in [2.45, 2.75) is 50.7 Å². The van der Waals surface area contributed by atoms with Crippen LogP contribution in [0.3, 0.4) is 0 Å². The van der Waals surface area contributed by atoms with Crippen molar-refractivity contribution in [2.75, 3.05) is 19.9 Å². The van der Waals surface area contributed by atoms with Gasteiger partial charge in [0.15, 0.2) is 5.78 Å². The number of carbonyl (C=O) groups is 2. The van der Waals surface area contributed by atoms with Gasteiger partial charge in [0.25, 0.3) is 0 Å². The predicted molar refractivity (Wildman–Crippen MR) is 135 cm³/mol. The van der Waals surface area contributed by atoms with Crippen LogP contribution in [0, 0.1) is 5.92 Å². The number of ketones is 1. The first-order valence-electron chi connectivity index (χ1n) is 10.4. The van der Waals surface area contributed by atoms with E-state index in [-0.39, 0.29) is 34.8 Å². The third kappa shape index (κ3) is 8.39. The number of hydrogen-bond acceptors (Lipinski definition) is 6. The zero-order valence-corrected chi connectivity index (χ0v) is 21.6. The minimum absolute atomic E-state index is 0. The molecule has 0 fully saturated rings. The molecule has 6 nitrogen and oxygen atoms in total. The monoisotopic (exact) mass is 527 g/mol. The summed E-state index contributed by atoms with van der Waals surface area (Å²) in [6.07, 6.45) is 8.92. The Bertz CT molecular complexity index is 837. The number of aliphatic hydroxyl groups is 1. The number of carboxylic acid groups (broad SMARTS) is 1. The zero-order valence-electron chi connectivity index (χ0n) is 19.1. The number of methoxy groups -OCH3 is 1. The fourth-order valence-corrected chi connectivity index (χ4v) is 4.37. The van der Waals surface area contributed by atoms with E-state index in [0.29, 0.717) is 4.91 Å². The van der Waals surface area contributed by atoms with E-state index in [4.69, 9.17) is 9.84 Å². The van der Waals surface area contributed by atoms with Crippen LogP contribution in [-0.4, -0.2) is 53.0 Å². The van der Waals surface area contributed by atoms with Crippen LogP contribution in [0.4, 0.5) is 0 Å². The normalized spacial score (nSPS) is 20.3. The summed E-state index contributed by atoms with van der Waals surface area (Å²) in [6.45, 7) is 4.37. The van der Waals surface area contributed by atoms with Gasteiger partial charge in [0.05, 0.1) is 26.0 Å². The second-order valence-electron chi connectivity index (χ2n) is 8.52. The standard InChI is InChI=1S/C24H33NO5S.BrH/c1-23(2,12-5-6-17-7-9-19(30-3)10-8-17)25-16-20(26)18-11-13-24(29,15-22(27)28)21(14-18)31-4;/h7-11,13-14,18,25,29H,5-6,12,15-16H2,1-4H3,(H,27,28);1H. The molecule has 0 saturated heterocycles. The maximum Gasteiger partial charge on any atom is 0.306 e. The third-order valence-corrected chi connectivity index (χ3v) is 6.45. The Morgan fingerprint density at radius 2 is 1.91 bits per heavy atom. The van der Waals surface area contributed by atoms with Crippen molar-refractivity contribution >= 4 is 40.5 Å². The summed E-state index contributed by atoms with van der Waals surface area (Å²) in [6, 6.07) is 8.06. The lowest BCUT2D eigenvalue weighted by molar-refractivity contribution is -0.139. The molecule has 0 bridgehead atoms. The molecular weight excluding hydrogens is 494 g/mol. The van der Waals surface area contributed by atoms with Gasteiger partial charge in [-0.05, 0) is 57.1 Å². The molecule has 32 heavy (non-hydrogen) atoms. The van der Waals surface area contributed by atoms with Crippen LogP contribution in [0.15, 0.2) is 47.4 Å². The van der Waals surface area contributed by atoms with Crippen LogP contribution in [0.1, 0.15) is 38.7 Å². The molecule has 3 N–H and O–H groups in total. The van der Waals surface area contributed by atoms with Crippen molar-refractivity contribution in [2.24, 2.45) is 5.92 Å². The molecule has 0 saturated carbocycles. The summed E-state index contributed by atoms with van der Waals surface area (Å²) in [5.74, 6) is -0.724. The number of benzene rings is 1. The number of nitrogens with one attached hydrogen (secondary N) is 1. The highest BCUT2D eigenvalue weighted by Crippen LogP contribution is 2.36. The van der Waals surface area contributed by atoms with E-state index in [1.807, 2.05) is 12.1 Å². The second kappa shape index (κ2) is 12.6. The highest BCUT2D eigenvalue weighted by molar-refractivity contribution is 8.93. The predicted octanol–water partition coefficient (Wildman–Crippen LogP) is 4.17. The lowest BCUT2D eigenvalue weighted by Gasteiger charge is -2.30. The van der Waals surface area contributed by atoms with Gasteiger partial charge < -0.3 is 20.3 Å². The third-order valence-electron chi connectivity index (χ3n) is 5.52. The molecule has 0 aliphatic heterocycles. The van der Waals surface area contributed by atoms with Crippen LogP contribution in [0.25, 0.3) is 0 Å². The Morgan fingerprint density at radius 1 is 1.25 bits per heavy atom. The topological polar surface area (TPSA) is 95.9 Å². The van der Waals surface area contributed by atoms with Gasteiger partial charge in [-0.3, -0.25) is 9.59 Å². The van der Waals surface area contributed by atoms with Crippen molar-refractivity contribution < 1.29 is 24.5 Å². The summed E-state index contributed by atoms with van der Waals surface area (Å²) >= 11 is 1.27. The van der Waals surface area contributed by atoms with E-state index in [9.17, 15) is 14.7 Å². The van der Waals surface area contributed by atoms with Crippen LogP contribution in [0.5, 0.6) is 5.75 Å². The molecule has 1 aromatic rings. The van der Waals surface area contributed by atoms with E-state index in [1.54, 1.807) is 25.5 Å². The molecule has 1 aliphatic rings. The maximum atomic E-state index is 12.7. The van der Waals surface area contributed by atoms with Crippen molar-refractivity contribution in [1.29, 1.82) is 0 Å². The summed E-state index contributed by atoms with van der Waals surface area (Å²) < 4.78 is 5.18. The Balaban J connectivity index is 0.00000512. The van der Waals surface area contributed by atoms with Gasteiger partial charge in [-0.15, -0.1) is 28.7 Å². The Kier molecular flexibility index (Phi) is 11.2. The van der Waals surface area contributed by atoms with Gasteiger partial charge >= 0.3 is 5.97 Å². The van der Waals surface area contributed by atoms with Crippen molar-refractivity contribution in [1.82, 2.24) is 5.32 Å². The van der Waals surface area contributed by atoms with Crippen molar-refractivity contribution in [3.05, 3.63) is 53.0 Å². The quantitative estimate of drug-likeness (QED) is 0.351. The van der Waals surface area contributed by atoms with Gasteiger partial charge in [0.2, 0.25) is 0 Å². The highest BCUT2D eigenvalue weighted by Gasteiger charge is 2.35. The molecule has 1 aliphatic carbocycles. The largest absolute Gasteiger partial charge is 0.497 e. The summed E-state index contributed by atoms with van der Waals surface area (Å²) in [5, 5.41) is 23.0. The maximum absolute atomic E-state index is 12.7.